The van der Waals surface area contributed by atoms with Gasteiger partial charge in [0.1, 0.15) is 0 Å². The average Bonchev–Trinajstić information content (AvgIpc) is 3.22. The minimum absolute atomic E-state index is 0.176. The molecule has 0 aliphatic heterocycles. The Bertz CT molecular complexity index is 424. The number of hydrogen-bond acceptors (Lipinski definition) is 2. The summed E-state index contributed by atoms with van der Waals surface area (Å²) in [6.45, 7) is 6.10. The third-order valence-electron chi connectivity index (χ3n) is 3.86. The van der Waals surface area contributed by atoms with Crippen LogP contribution in [-0.2, 0) is 4.79 Å². The lowest BCUT2D eigenvalue weighted by atomic mass is 9.93. The predicted octanol–water partition coefficient (Wildman–Crippen LogP) is 2.72. The van der Waals surface area contributed by atoms with Crippen molar-refractivity contribution in [1.29, 1.82) is 0 Å². The molecule has 0 saturated heterocycles. The quantitative estimate of drug-likeness (QED) is 0.884. The van der Waals surface area contributed by atoms with Crippen molar-refractivity contribution in [1.82, 2.24) is 4.90 Å². The molecule has 1 aromatic carbocycles. The molecule has 1 saturated carbocycles. The van der Waals surface area contributed by atoms with E-state index in [4.69, 9.17) is 5.73 Å². The normalized spacial score (nSPS) is 18.2. The van der Waals surface area contributed by atoms with Gasteiger partial charge in [-0.05, 0) is 32.3 Å². The molecule has 0 heterocycles. The van der Waals surface area contributed by atoms with Gasteiger partial charge in [0.05, 0.1) is 5.92 Å². The monoisotopic (exact) mass is 260 g/mol. The van der Waals surface area contributed by atoms with Gasteiger partial charge in [-0.3, -0.25) is 4.79 Å². The van der Waals surface area contributed by atoms with Gasteiger partial charge in [0.2, 0.25) is 5.91 Å². The highest BCUT2D eigenvalue weighted by atomic mass is 16.2. The molecule has 104 valence electrons. The molecule has 1 amide bonds. The summed E-state index contributed by atoms with van der Waals surface area (Å²) in [6.07, 6.45) is 2.27. The van der Waals surface area contributed by atoms with Crippen molar-refractivity contribution in [3.05, 3.63) is 35.9 Å². The molecular weight excluding hydrogens is 236 g/mol. The van der Waals surface area contributed by atoms with E-state index in [-0.39, 0.29) is 23.9 Å². The van der Waals surface area contributed by atoms with Crippen molar-refractivity contribution in [3.8, 4) is 0 Å². The van der Waals surface area contributed by atoms with Crippen LogP contribution in [0, 0.1) is 5.92 Å². The lowest BCUT2D eigenvalue weighted by Crippen LogP contribution is -2.44. The smallest absolute Gasteiger partial charge is 0.227 e. The minimum atomic E-state index is -0.228. The molecule has 2 N–H and O–H groups in total. The molecule has 2 unspecified atom stereocenters. The first-order valence-corrected chi connectivity index (χ1v) is 7.15. The molecular formula is C16H24N2O. The Balaban J connectivity index is 2.09. The van der Waals surface area contributed by atoms with Gasteiger partial charge in [0.25, 0.3) is 0 Å². The van der Waals surface area contributed by atoms with E-state index in [1.807, 2.05) is 42.2 Å². The Morgan fingerprint density at radius 2 is 1.79 bits per heavy atom. The number of carbonyl (C=O) groups excluding carboxylic acids is 1. The van der Waals surface area contributed by atoms with Crippen LogP contribution in [0.5, 0.6) is 0 Å². The second kappa shape index (κ2) is 5.74. The minimum Gasteiger partial charge on any atom is -0.337 e. The molecule has 1 aliphatic rings. The van der Waals surface area contributed by atoms with Crippen LogP contribution in [0.25, 0.3) is 0 Å². The van der Waals surface area contributed by atoms with E-state index >= 15 is 0 Å². The molecule has 0 aromatic heterocycles. The van der Waals surface area contributed by atoms with Crippen LogP contribution in [0.2, 0.25) is 0 Å². The van der Waals surface area contributed by atoms with Gasteiger partial charge < -0.3 is 10.6 Å². The largest absolute Gasteiger partial charge is 0.337 e. The van der Waals surface area contributed by atoms with Crippen LogP contribution in [0.4, 0.5) is 0 Å². The van der Waals surface area contributed by atoms with Gasteiger partial charge in [0.15, 0.2) is 0 Å². The molecule has 0 radical (unpaired) electrons. The van der Waals surface area contributed by atoms with Crippen molar-refractivity contribution in [2.45, 2.75) is 51.7 Å². The standard InChI is InChI=1S/C16H24N2O/c1-11(2)18(14-9-10-14)16(19)12(3)15(17)13-7-5-4-6-8-13/h4-8,11-12,14-15H,9-10,17H2,1-3H3. The third-order valence-corrected chi connectivity index (χ3v) is 3.86. The summed E-state index contributed by atoms with van der Waals surface area (Å²) in [4.78, 5) is 14.6. The van der Waals surface area contributed by atoms with Gasteiger partial charge in [0, 0.05) is 18.1 Å². The number of nitrogens with two attached hydrogens (primary N) is 1. The second-order valence-electron chi connectivity index (χ2n) is 5.80. The van der Waals surface area contributed by atoms with Gasteiger partial charge in [-0.2, -0.15) is 0 Å². The van der Waals surface area contributed by atoms with Crippen LogP contribution < -0.4 is 5.73 Å². The first-order valence-electron chi connectivity index (χ1n) is 7.15. The molecule has 3 heteroatoms. The highest BCUT2D eigenvalue weighted by molar-refractivity contribution is 5.80. The summed E-state index contributed by atoms with van der Waals surface area (Å²) >= 11 is 0. The van der Waals surface area contributed by atoms with E-state index in [0.29, 0.717) is 6.04 Å². The van der Waals surface area contributed by atoms with Gasteiger partial charge in [-0.25, -0.2) is 0 Å². The Morgan fingerprint density at radius 3 is 2.26 bits per heavy atom. The first kappa shape index (κ1) is 14.1. The highest BCUT2D eigenvalue weighted by Gasteiger charge is 2.37. The van der Waals surface area contributed by atoms with Crippen molar-refractivity contribution in [3.63, 3.8) is 0 Å². The zero-order valence-corrected chi connectivity index (χ0v) is 12.0. The summed E-state index contributed by atoms with van der Waals surface area (Å²) in [5.41, 5.74) is 7.28. The molecule has 0 bridgehead atoms. The molecule has 3 nitrogen and oxygen atoms in total. The molecule has 0 spiro atoms. The number of amides is 1. The van der Waals surface area contributed by atoms with Crippen LogP contribution >= 0.6 is 0 Å². The van der Waals surface area contributed by atoms with Crippen molar-refractivity contribution in [2.24, 2.45) is 11.7 Å². The van der Waals surface area contributed by atoms with E-state index in [1.165, 1.54) is 0 Å². The summed E-state index contributed by atoms with van der Waals surface area (Å²) in [6, 6.07) is 10.3. The Kier molecular flexibility index (Phi) is 4.25. The Hall–Kier alpha value is -1.35. The topological polar surface area (TPSA) is 46.3 Å². The highest BCUT2D eigenvalue weighted by Crippen LogP contribution is 2.32. The molecule has 2 atom stereocenters. The van der Waals surface area contributed by atoms with Crippen LogP contribution in [0.3, 0.4) is 0 Å². The van der Waals surface area contributed by atoms with E-state index in [9.17, 15) is 4.79 Å². The SMILES string of the molecule is CC(C(=O)N(C(C)C)C1CC1)C(N)c1ccccc1. The fourth-order valence-electron chi connectivity index (χ4n) is 2.56. The molecule has 19 heavy (non-hydrogen) atoms. The fourth-order valence-corrected chi connectivity index (χ4v) is 2.56. The lowest BCUT2D eigenvalue weighted by molar-refractivity contribution is -0.138. The number of benzene rings is 1. The number of nitrogens with zero attached hydrogens (tertiary/aromatic N) is 1. The predicted molar refractivity (Wildman–Crippen MR) is 77.5 cm³/mol. The van der Waals surface area contributed by atoms with E-state index in [1.54, 1.807) is 0 Å². The van der Waals surface area contributed by atoms with Gasteiger partial charge in [-0.15, -0.1) is 0 Å². The third kappa shape index (κ3) is 3.16. The zero-order chi connectivity index (χ0) is 14.0. The molecule has 1 fully saturated rings. The van der Waals surface area contributed by atoms with Crippen molar-refractivity contribution in [2.75, 3.05) is 0 Å². The number of rotatable bonds is 5. The van der Waals surface area contributed by atoms with Gasteiger partial charge >= 0.3 is 0 Å². The molecule has 1 aliphatic carbocycles. The Morgan fingerprint density at radius 1 is 1.21 bits per heavy atom. The molecule has 2 rings (SSSR count). The average molecular weight is 260 g/mol. The van der Waals surface area contributed by atoms with Crippen LogP contribution in [-0.4, -0.2) is 22.9 Å². The maximum absolute atomic E-state index is 12.6. The van der Waals surface area contributed by atoms with E-state index in [0.717, 1.165) is 18.4 Å². The number of hydrogen-bond donors (Lipinski definition) is 1. The second-order valence-corrected chi connectivity index (χ2v) is 5.80. The summed E-state index contributed by atoms with van der Waals surface area (Å²) in [5, 5.41) is 0. The lowest BCUT2D eigenvalue weighted by Gasteiger charge is -2.31. The van der Waals surface area contributed by atoms with Crippen LogP contribution in [0.15, 0.2) is 30.3 Å². The maximum atomic E-state index is 12.6. The van der Waals surface area contributed by atoms with Crippen LogP contribution in [0.1, 0.15) is 45.2 Å². The van der Waals surface area contributed by atoms with E-state index < -0.39 is 0 Å². The fraction of sp³-hybridized carbons (Fsp3) is 0.562. The number of carbonyl (C=O) groups is 1. The first-order chi connectivity index (χ1) is 9.02. The van der Waals surface area contributed by atoms with Gasteiger partial charge in [-0.1, -0.05) is 37.3 Å². The van der Waals surface area contributed by atoms with E-state index in [2.05, 4.69) is 13.8 Å². The maximum Gasteiger partial charge on any atom is 0.227 e. The zero-order valence-electron chi connectivity index (χ0n) is 12.0. The van der Waals surface area contributed by atoms with Crippen molar-refractivity contribution < 1.29 is 4.79 Å². The summed E-state index contributed by atoms with van der Waals surface area (Å²) in [5.74, 6) is 0.0132. The van der Waals surface area contributed by atoms with Crippen molar-refractivity contribution >= 4 is 5.91 Å². The molecule has 1 aromatic rings. The summed E-state index contributed by atoms with van der Waals surface area (Å²) < 4.78 is 0. The summed E-state index contributed by atoms with van der Waals surface area (Å²) in [7, 11) is 0. The Labute approximate surface area is 115 Å².